The van der Waals surface area contributed by atoms with Crippen LogP contribution in [-0.4, -0.2) is 28.1 Å². The van der Waals surface area contributed by atoms with E-state index in [4.69, 9.17) is 10.9 Å². The van der Waals surface area contributed by atoms with Crippen LogP contribution in [-0.2, 0) is 13.1 Å². The topological polar surface area (TPSA) is 74.4 Å². The second kappa shape index (κ2) is 7.20. The van der Waals surface area contributed by atoms with Gasteiger partial charge >= 0.3 is 0 Å². The van der Waals surface area contributed by atoms with Crippen molar-refractivity contribution in [2.45, 2.75) is 13.1 Å². The molecule has 2 aromatic rings. The summed E-state index contributed by atoms with van der Waals surface area (Å²) < 4.78 is 0. The first-order valence-corrected chi connectivity index (χ1v) is 6.92. The third-order valence-corrected chi connectivity index (χ3v) is 3.64. The fourth-order valence-corrected chi connectivity index (χ4v) is 2.63. The summed E-state index contributed by atoms with van der Waals surface area (Å²) in [5.74, 6) is 5.32. The van der Waals surface area contributed by atoms with E-state index in [0.29, 0.717) is 11.7 Å². The van der Waals surface area contributed by atoms with Crippen molar-refractivity contribution in [2.75, 3.05) is 18.6 Å². The molecule has 102 valence electrons. The minimum atomic E-state index is 0.146. The van der Waals surface area contributed by atoms with E-state index < -0.39 is 0 Å². The van der Waals surface area contributed by atoms with Crippen molar-refractivity contribution in [2.24, 2.45) is 5.84 Å². The number of aliphatic hydroxyl groups excluding tert-OH is 1. The highest BCUT2D eigenvalue weighted by molar-refractivity contribution is 7.15. The first kappa shape index (κ1) is 14.0. The average Bonchev–Trinajstić information content (AvgIpc) is 2.88. The van der Waals surface area contributed by atoms with Crippen molar-refractivity contribution in [3.8, 4) is 0 Å². The molecule has 0 aliphatic heterocycles. The average molecular weight is 278 g/mol. The predicted molar refractivity (Wildman–Crippen MR) is 77.6 cm³/mol. The Morgan fingerprint density at radius 2 is 2.05 bits per heavy atom. The SMILES string of the molecule is NNc1ncc(CN(CCO)Cc2ccccc2)s1. The Morgan fingerprint density at radius 1 is 1.26 bits per heavy atom. The van der Waals surface area contributed by atoms with Gasteiger partial charge in [-0.2, -0.15) is 0 Å². The number of anilines is 1. The highest BCUT2D eigenvalue weighted by atomic mass is 32.1. The Morgan fingerprint density at radius 3 is 2.68 bits per heavy atom. The fraction of sp³-hybridized carbons (Fsp3) is 0.308. The Hall–Kier alpha value is -1.47. The first-order valence-electron chi connectivity index (χ1n) is 6.10. The maximum Gasteiger partial charge on any atom is 0.197 e. The lowest BCUT2D eigenvalue weighted by molar-refractivity contribution is 0.185. The molecule has 0 unspecified atom stereocenters. The molecule has 1 aromatic carbocycles. The monoisotopic (exact) mass is 278 g/mol. The second-order valence-corrected chi connectivity index (χ2v) is 5.31. The van der Waals surface area contributed by atoms with Crippen molar-refractivity contribution in [1.29, 1.82) is 0 Å². The Kier molecular flexibility index (Phi) is 5.29. The van der Waals surface area contributed by atoms with Crippen LogP contribution >= 0.6 is 11.3 Å². The molecule has 1 aromatic heterocycles. The van der Waals surface area contributed by atoms with Crippen LogP contribution in [0.1, 0.15) is 10.4 Å². The van der Waals surface area contributed by atoms with Crippen LogP contribution in [0.3, 0.4) is 0 Å². The minimum absolute atomic E-state index is 0.146. The Labute approximate surface area is 116 Å². The Bertz CT molecular complexity index is 488. The van der Waals surface area contributed by atoms with Crippen LogP contribution < -0.4 is 11.3 Å². The van der Waals surface area contributed by atoms with Crippen LogP contribution in [0.2, 0.25) is 0 Å². The number of benzene rings is 1. The van der Waals surface area contributed by atoms with Crippen molar-refractivity contribution in [3.63, 3.8) is 0 Å². The van der Waals surface area contributed by atoms with E-state index >= 15 is 0 Å². The molecule has 0 aliphatic rings. The smallest absolute Gasteiger partial charge is 0.197 e. The zero-order valence-corrected chi connectivity index (χ0v) is 11.4. The number of rotatable bonds is 7. The molecular formula is C13H18N4OS. The molecule has 0 fully saturated rings. The lowest BCUT2D eigenvalue weighted by Crippen LogP contribution is -2.25. The molecule has 19 heavy (non-hydrogen) atoms. The molecule has 0 saturated carbocycles. The highest BCUT2D eigenvalue weighted by Gasteiger charge is 2.09. The van der Waals surface area contributed by atoms with Crippen LogP contribution in [0.4, 0.5) is 5.13 Å². The van der Waals surface area contributed by atoms with Gasteiger partial charge in [0, 0.05) is 30.7 Å². The normalized spacial score (nSPS) is 10.9. The summed E-state index contributed by atoms with van der Waals surface area (Å²) in [5.41, 5.74) is 3.78. The predicted octanol–water partition coefficient (Wildman–Crippen LogP) is 1.42. The molecule has 6 heteroatoms. The summed E-state index contributed by atoms with van der Waals surface area (Å²) >= 11 is 1.53. The van der Waals surface area contributed by atoms with Crippen molar-refractivity contribution in [1.82, 2.24) is 9.88 Å². The zero-order chi connectivity index (χ0) is 13.5. The lowest BCUT2D eigenvalue weighted by atomic mass is 10.2. The van der Waals surface area contributed by atoms with Gasteiger partial charge in [0.1, 0.15) is 0 Å². The van der Waals surface area contributed by atoms with Gasteiger partial charge in [0.05, 0.1) is 6.61 Å². The van der Waals surface area contributed by atoms with Gasteiger partial charge < -0.3 is 5.11 Å². The molecule has 1 heterocycles. The number of aliphatic hydroxyl groups is 1. The van der Waals surface area contributed by atoms with Gasteiger partial charge in [-0.1, -0.05) is 41.7 Å². The first-order chi connectivity index (χ1) is 9.31. The number of nitrogens with one attached hydrogen (secondary N) is 1. The molecule has 0 radical (unpaired) electrons. The summed E-state index contributed by atoms with van der Waals surface area (Å²) in [6, 6.07) is 10.2. The van der Waals surface area contributed by atoms with E-state index in [9.17, 15) is 0 Å². The lowest BCUT2D eigenvalue weighted by Gasteiger charge is -2.20. The molecule has 0 spiro atoms. The maximum atomic E-state index is 9.16. The molecular weight excluding hydrogens is 260 g/mol. The van der Waals surface area contributed by atoms with Crippen molar-refractivity contribution < 1.29 is 5.11 Å². The van der Waals surface area contributed by atoms with E-state index in [1.165, 1.54) is 16.9 Å². The Balaban J connectivity index is 1.99. The van der Waals surface area contributed by atoms with Crippen molar-refractivity contribution in [3.05, 3.63) is 47.0 Å². The zero-order valence-electron chi connectivity index (χ0n) is 10.6. The number of hydrazine groups is 1. The summed E-state index contributed by atoms with van der Waals surface area (Å²) in [7, 11) is 0. The summed E-state index contributed by atoms with van der Waals surface area (Å²) in [5, 5.41) is 9.86. The van der Waals surface area contributed by atoms with Crippen molar-refractivity contribution >= 4 is 16.5 Å². The third-order valence-electron chi connectivity index (χ3n) is 2.72. The van der Waals surface area contributed by atoms with Crippen LogP contribution in [0.5, 0.6) is 0 Å². The number of aromatic nitrogens is 1. The van der Waals surface area contributed by atoms with Crippen LogP contribution in [0.15, 0.2) is 36.5 Å². The number of hydrogen-bond donors (Lipinski definition) is 3. The summed E-state index contributed by atoms with van der Waals surface area (Å²) in [6.45, 7) is 2.35. The number of nitrogens with two attached hydrogens (primary N) is 1. The van der Waals surface area contributed by atoms with E-state index in [1.807, 2.05) is 24.4 Å². The molecule has 0 saturated heterocycles. The molecule has 5 nitrogen and oxygen atoms in total. The highest BCUT2D eigenvalue weighted by Crippen LogP contribution is 2.19. The number of thiazole rings is 1. The van der Waals surface area contributed by atoms with Gasteiger partial charge in [-0.3, -0.25) is 10.3 Å². The molecule has 4 N–H and O–H groups in total. The van der Waals surface area contributed by atoms with Crippen LogP contribution in [0.25, 0.3) is 0 Å². The number of nitrogens with zero attached hydrogens (tertiary/aromatic N) is 2. The molecule has 0 amide bonds. The van der Waals surface area contributed by atoms with Gasteiger partial charge in [0.2, 0.25) is 0 Å². The second-order valence-electron chi connectivity index (χ2n) is 4.20. The van der Waals surface area contributed by atoms with Gasteiger partial charge in [-0.25, -0.2) is 10.8 Å². The van der Waals surface area contributed by atoms with Gasteiger partial charge in [-0.05, 0) is 5.56 Å². The number of nitrogen functional groups attached to an aromatic ring is 1. The quantitative estimate of drug-likeness (QED) is 0.527. The number of hydrogen-bond acceptors (Lipinski definition) is 6. The van der Waals surface area contributed by atoms with Crippen LogP contribution in [0, 0.1) is 0 Å². The van der Waals surface area contributed by atoms with E-state index in [0.717, 1.165) is 18.0 Å². The minimum Gasteiger partial charge on any atom is -0.395 e. The van der Waals surface area contributed by atoms with Gasteiger partial charge in [0.15, 0.2) is 5.13 Å². The molecule has 0 aliphatic carbocycles. The van der Waals surface area contributed by atoms with E-state index in [1.54, 1.807) is 0 Å². The molecule has 2 rings (SSSR count). The maximum absolute atomic E-state index is 9.16. The fourth-order valence-electron chi connectivity index (χ4n) is 1.86. The van der Waals surface area contributed by atoms with Gasteiger partial charge in [0.25, 0.3) is 0 Å². The summed E-state index contributed by atoms with van der Waals surface area (Å²) in [6.07, 6.45) is 1.81. The summed E-state index contributed by atoms with van der Waals surface area (Å²) in [4.78, 5) is 7.45. The molecule has 0 bridgehead atoms. The molecule has 0 atom stereocenters. The third kappa shape index (κ3) is 4.29. The standard InChI is InChI=1S/C13H18N4OS/c14-16-13-15-8-12(19-13)10-17(6-7-18)9-11-4-2-1-3-5-11/h1-5,8,18H,6-7,9-10,14H2,(H,15,16). The largest absolute Gasteiger partial charge is 0.395 e. The van der Waals surface area contributed by atoms with Gasteiger partial charge in [-0.15, -0.1) is 0 Å². The van der Waals surface area contributed by atoms with E-state index in [2.05, 4.69) is 27.4 Å². The van der Waals surface area contributed by atoms with E-state index in [-0.39, 0.29) is 6.61 Å².